The van der Waals surface area contributed by atoms with Gasteiger partial charge in [-0.15, -0.1) is 0 Å². The Labute approximate surface area is 187 Å². The van der Waals surface area contributed by atoms with E-state index in [0.717, 1.165) is 4.90 Å². The molecule has 1 aliphatic heterocycles. The molecule has 168 valence electrons. The number of aryl methyl sites for hydroxylation is 1. The van der Waals surface area contributed by atoms with Crippen LogP contribution >= 0.6 is 11.6 Å². The van der Waals surface area contributed by atoms with Crippen LogP contribution in [0.2, 0.25) is 5.02 Å². The second-order valence-corrected chi connectivity index (χ2v) is 11.8. The van der Waals surface area contributed by atoms with Gasteiger partial charge in [-0.1, -0.05) is 11.6 Å². The molecule has 1 aromatic rings. The number of nitrogens with one attached hydrogen (secondary N) is 1. The zero-order chi connectivity index (χ0) is 23.2. The number of carbonyl (C=O) groups excluding carboxylic acids is 2. The molecule has 31 heavy (non-hydrogen) atoms. The summed E-state index contributed by atoms with van der Waals surface area (Å²) in [6.45, 7) is 6.53. The number of likely N-dealkylation sites (tertiary alicyclic amines) is 1. The van der Waals surface area contributed by atoms with Crippen LogP contribution in [0.1, 0.15) is 45.6 Å². The molecule has 0 bridgehead atoms. The lowest BCUT2D eigenvalue weighted by Crippen LogP contribution is -2.50. The second-order valence-electron chi connectivity index (χ2n) is 9.14. The van der Waals surface area contributed by atoms with Gasteiger partial charge in [0.25, 0.3) is 0 Å². The number of rotatable bonds is 4. The van der Waals surface area contributed by atoms with E-state index in [1.807, 2.05) is 0 Å². The molecule has 1 heterocycles. The fraction of sp³-hybridized carbons (Fsp3) is 0.571. The smallest absolute Gasteiger partial charge is 0.411 e. The second kappa shape index (κ2) is 7.99. The maximum Gasteiger partial charge on any atom is 0.411 e. The largest absolute Gasteiger partial charge is 0.444 e. The van der Waals surface area contributed by atoms with E-state index >= 15 is 0 Å². The predicted molar refractivity (Wildman–Crippen MR) is 114 cm³/mol. The quantitative estimate of drug-likeness (QED) is 0.727. The number of sulfone groups is 1. The zero-order valence-corrected chi connectivity index (χ0v) is 19.5. The first kappa shape index (κ1) is 23.4. The van der Waals surface area contributed by atoms with Crippen LogP contribution in [-0.2, 0) is 19.4 Å². The van der Waals surface area contributed by atoms with Gasteiger partial charge in [-0.3, -0.25) is 9.69 Å². The number of hydrogen-bond donors (Lipinski definition) is 1. The van der Waals surface area contributed by atoms with E-state index in [0.29, 0.717) is 23.4 Å². The van der Waals surface area contributed by atoms with Crippen LogP contribution in [0.3, 0.4) is 0 Å². The average molecular weight is 468 g/mol. The molecule has 1 aromatic carbocycles. The highest BCUT2D eigenvalue weighted by Crippen LogP contribution is 2.36. The number of ether oxygens (including phenoxy) is 1. The SMILES string of the molecule is Cc1cc(Cl)ccc1S(=O)(=O)C1CC(C(=O)NC2(C#N)CC2)N(C(=O)OC(C)(C)C)C1. The third-order valence-electron chi connectivity index (χ3n) is 5.40. The Balaban J connectivity index is 1.90. The van der Waals surface area contributed by atoms with Crippen molar-refractivity contribution in [2.75, 3.05) is 6.54 Å². The molecular weight excluding hydrogens is 442 g/mol. The Morgan fingerprint density at radius 3 is 2.48 bits per heavy atom. The molecule has 0 radical (unpaired) electrons. The summed E-state index contributed by atoms with van der Waals surface area (Å²) in [6.07, 6.45) is 0.206. The van der Waals surface area contributed by atoms with Crippen LogP contribution < -0.4 is 5.32 Å². The summed E-state index contributed by atoms with van der Waals surface area (Å²) in [5, 5.41) is 11.4. The van der Waals surface area contributed by atoms with E-state index in [9.17, 15) is 23.3 Å². The van der Waals surface area contributed by atoms with E-state index in [1.54, 1.807) is 33.8 Å². The first-order chi connectivity index (χ1) is 14.3. The van der Waals surface area contributed by atoms with Gasteiger partial charge in [-0.25, -0.2) is 13.2 Å². The maximum atomic E-state index is 13.3. The summed E-state index contributed by atoms with van der Waals surface area (Å²) in [7, 11) is -3.85. The maximum absolute atomic E-state index is 13.3. The van der Waals surface area contributed by atoms with Gasteiger partial charge in [0.15, 0.2) is 9.84 Å². The lowest BCUT2D eigenvalue weighted by atomic mass is 10.2. The van der Waals surface area contributed by atoms with Crippen LogP contribution in [0.5, 0.6) is 0 Å². The molecule has 1 aliphatic carbocycles. The minimum absolute atomic E-state index is 0.0863. The molecule has 2 aliphatic rings. The van der Waals surface area contributed by atoms with Gasteiger partial charge in [-0.05, 0) is 70.7 Å². The number of benzene rings is 1. The van der Waals surface area contributed by atoms with Gasteiger partial charge in [-0.2, -0.15) is 5.26 Å². The Hall–Kier alpha value is -2.31. The van der Waals surface area contributed by atoms with Crippen molar-refractivity contribution in [3.63, 3.8) is 0 Å². The van der Waals surface area contributed by atoms with Crippen molar-refractivity contribution >= 4 is 33.4 Å². The molecule has 2 atom stereocenters. The van der Waals surface area contributed by atoms with Crippen LogP contribution in [0.4, 0.5) is 4.79 Å². The lowest BCUT2D eigenvalue weighted by Gasteiger charge is -2.28. The highest BCUT2D eigenvalue weighted by molar-refractivity contribution is 7.92. The van der Waals surface area contributed by atoms with Crippen molar-refractivity contribution in [2.45, 2.75) is 74.3 Å². The number of amides is 2. The fourth-order valence-electron chi connectivity index (χ4n) is 3.61. The van der Waals surface area contributed by atoms with Crippen LogP contribution in [0.25, 0.3) is 0 Å². The van der Waals surface area contributed by atoms with E-state index in [4.69, 9.17) is 16.3 Å². The van der Waals surface area contributed by atoms with Gasteiger partial charge >= 0.3 is 6.09 Å². The zero-order valence-electron chi connectivity index (χ0n) is 17.9. The van der Waals surface area contributed by atoms with Gasteiger partial charge in [0.1, 0.15) is 17.2 Å². The number of hydrogen-bond acceptors (Lipinski definition) is 6. The molecule has 1 saturated carbocycles. The average Bonchev–Trinajstić information content (AvgIpc) is 3.25. The number of nitriles is 1. The summed E-state index contributed by atoms with van der Waals surface area (Å²) in [5.41, 5.74) is -1.25. The van der Waals surface area contributed by atoms with Gasteiger partial charge < -0.3 is 10.1 Å². The van der Waals surface area contributed by atoms with Gasteiger partial charge in [0, 0.05) is 11.6 Å². The number of halogens is 1. The molecule has 10 heteroatoms. The summed E-state index contributed by atoms with van der Waals surface area (Å²) in [5.74, 6) is -0.546. The Morgan fingerprint density at radius 1 is 1.32 bits per heavy atom. The molecule has 2 unspecified atom stereocenters. The van der Waals surface area contributed by atoms with E-state index in [-0.39, 0.29) is 17.9 Å². The summed E-state index contributed by atoms with van der Waals surface area (Å²) < 4.78 is 32.1. The first-order valence-electron chi connectivity index (χ1n) is 10.0. The minimum Gasteiger partial charge on any atom is -0.444 e. The molecule has 8 nitrogen and oxygen atoms in total. The van der Waals surface area contributed by atoms with E-state index < -0.39 is 44.3 Å². The Kier molecular flexibility index (Phi) is 6.02. The summed E-state index contributed by atoms with van der Waals surface area (Å²) in [6, 6.07) is 5.52. The monoisotopic (exact) mass is 467 g/mol. The molecule has 0 spiro atoms. The molecule has 3 rings (SSSR count). The van der Waals surface area contributed by atoms with E-state index in [1.165, 1.54) is 12.1 Å². The van der Waals surface area contributed by atoms with Gasteiger partial charge in [0.2, 0.25) is 5.91 Å². The first-order valence-corrected chi connectivity index (χ1v) is 11.9. The summed E-state index contributed by atoms with van der Waals surface area (Å²) in [4.78, 5) is 27.0. The molecular formula is C21H26ClN3O5S. The highest BCUT2D eigenvalue weighted by Gasteiger charge is 2.51. The van der Waals surface area contributed by atoms with Crippen LogP contribution in [0, 0.1) is 18.3 Å². The predicted octanol–water partition coefficient (Wildman–Crippen LogP) is 2.97. The van der Waals surface area contributed by atoms with Crippen molar-refractivity contribution in [3.8, 4) is 6.07 Å². The summed E-state index contributed by atoms with van der Waals surface area (Å²) >= 11 is 5.96. The molecule has 2 fully saturated rings. The normalized spacial score (nSPS) is 22.5. The lowest BCUT2D eigenvalue weighted by molar-refractivity contribution is -0.126. The fourth-order valence-corrected chi connectivity index (χ4v) is 5.76. The Morgan fingerprint density at radius 2 is 1.97 bits per heavy atom. The third kappa shape index (κ3) is 4.96. The molecule has 1 saturated heterocycles. The van der Waals surface area contributed by atoms with E-state index in [2.05, 4.69) is 11.4 Å². The van der Waals surface area contributed by atoms with Crippen molar-refractivity contribution in [2.24, 2.45) is 0 Å². The number of carbonyl (C=O) groups is 2. The van der Waals surface area contributed by atoms with Crippen LogP contribution in [0.15, 0.2) is 23.1 Å². The van der Waals surface area contributed by atoms with Crippen molar-refractivity contribution in [3.05, 3.63) is 28.8 Å². The number of nitrogens with zero attached hydrogens (tertiary/aromatic N) is 2. The topological polar surface area (TPSA) is 117 Å². The Bertz CT molecular complexity index is 1050. The molecule has 1 N–H and O–H groups in total. The van der Waals surface area contributed by atoms with Gasteiger partial charge in [0.05, 0.1) is 16.2 Å². The van der Waals surface area contributed by atoms with Crippen molar-refractivity contribution in [1.29, 1.82) is 5.26 Å². The highest BCUT2D eigenvalue weighted by atomic mass is 35.5. The molecule has 0 aromatic heterocycles. The van der Waals surface area contributed by atoms with Crippen LogP contribution in [-0.4, -0.2) is 54.3 Å². The standard InChI is InChI=1S/C21H26ClN3O5S/c1-13-9-14(22)5-6-17(13)31(28,29)15-10-16(18(26)24-21(12-23)7-8-21)25(11-15)19(27)30-20(2,3)4/h5-6,9,15-16H,7-8,10-11H2,1-4H3,(H,24,26). The minimum atomic E-state index is -3.85. The third-order valence-corrected chi connectivity index (χ3v) is 7.93. The van der Waals surface area contributed by atoms with Crippen molar-refractivity contribution < 1.29 is 22.7 Å². The van der Waals surface area contributed by atoms with Crippen molar-refractivity contribution in [1.82, 2.24) is 10.2 Å². The molecule has 2 amide bonds.